The van der Waals surface area contributed by atoms with Gasteiger partial charge in [-0.3, -0.25) is 14.5 Å². The average Bonchev–Trinajstić information content (AvgIpc) is 2.98. The number of anilines is 1. The van der Waals surface area contributed by atoms with E-state index in [0.29, 0.717) is 19.4 Å². The summed E-state index contributed by atoms with van der Waals surface area (Å²) in [6.07, 6.45) is 0.952. The van der Waals surface area contributed by atoms with E-state index in [2.05, 4.69) is 10.6 Å². The number of esters is 1. The summed E-state index contributed by atoms with van der Waals surface area (Å²) in [6.45, 7) is 3.45. The Bertz CT molecular complexity index is 687. The molecule has 1 fully saturated rings. The Hall–Kier alpha value is -2.90. The molecule has 0 bridgehead atoms. The molecule has 134 valence electrons. The molecule has 1 saturated heterocycles. The van der Waals surface area contributed by atoms with Crippen LogP contribution in [0.2, 0.25) is 0 Å². The first-order valence-corrected chi connectivity index (χ1v) is 8.05. The molecule has 1 aliphatic rings. The van der Waals surface area contributed by atoms with Crippen LogP contribution in [0, 0.1) is 0 Å². The molecule has 0 atom stereocenters. The average molecular weight is 347 g/mol. The lowest BCUT2D eigenvalue weighted by Gasteiger charge is -2.15. The van der Waals surface area contributed by atoms with Gasteiger partial charge in [0.15, 0.2) is 6.61 Å². The molecule has 1 aromatic carbocycles. The van der Waals surface area contributed by atoms with Crippen LogP contribution in [-0.2, 0) is 14.3 Å². The molecule has 8 heteroatoms. The van der Waals surface area contributed by atoms with E-state index < -0.39 is 24.5 Å². The van der Waals surface area contributed by atoms with Crippen molar-refractivity contribution in [2.75, 3.05) is 18.5 Å². The summed E-state index contributed by atoms with van der Waals surface area (Å²) in [7, 11) is 0. The standard InChI is InChI=1S/C17H21N3O5/c1-11(2)18-17(24)19-13-7-4-3-6-12(13)16(23)25-10-15(22)20-9-5-8-14(20)21/h3-4,6-7,11H,5,8-10H2,1-2H3,(H2,18,19,24). The molecule has 2 N–H and O–H groups in total. The zero-order chi connectivity index (χ0) is 18.4. The summed E-state index contributed by atoms with van der Waals surface area (Å²) >= 11 is 0. The SMILES string of the molecule is CC(C)NC(=O)Nc1ccccc1C(=O)OCC(=O)N1CCCC1=O. The normalized spacial score (nSPS) is 13.7. The van der Waals surface area contributed by atoms with Crippen molar-refractivity contribution in [2.45, 2.75) is 32.7 Å². The van der Waals surface area contributed by atoms with Crippen LogP contribution in [0.3, 0.4) is 0 Å². The Balaban J connectivity index is 1.98. The fourth-order valence-electron chi connectivity index (χ4n) is 2.39. The Morgan fingerprint density at radius 1 is 1.24 bits per heavy atom. The molecule has 0 radical (unpaired) electrons. The number of para-hydroxylation sites is 1. The Kier molecular flexibility index (Phi) is 6.10. The summed E-state index contributed by atoms with van der Waals surface area (Å²) in [6, 6.07) is 5.81. The Morgan fingerprint density at radius 3 is 2.60 bits per heavy atom. The number of benzene rings is 1. The number of nitrogens with zero attached hydrogens (tertiary/aromatic N) is 1. The summed E-state index contributed by atoms with van der Waals surface area (Å²) in [5.74, 6) is -1.55. The first-order chi connectivity index (χ1) is 11.9. The summed E-state index contributed by atoms with van der Waals surface area (Å²) in [5.41, 5.74) is 0.400. The molecule has 0 spiro atoms. The number of ether oxygens (including phenoxy) is 1. The van der Waals surface area contributed by atoms with Crippen molar-refractivity contribution in [1.82, 2.24) is 10.2 Å². The van der Waals surface area contributed by atoms with Crippen LogP contribution in [0.25, 0.3) is 0 Å². The fourth-order valence-corrected chi connectivity index (χ4v) is 2.39. The molecule has 0 aliphatic carbocycles. The number of hydrogen-bond donors (Lipinski definition) is 2. The Morgan fingerprint density at radius 2 is 1.96 bits per heavy atom. The van der Waals surface area contributed by atoms with Gasteiger partial charge in [0, 0.05) is 19.0 Å². The van der Waals surface area contributed by atoms with Crippen LogP contribution >= 0.6 is 0 Å². The maximum absolute atomic E-state index is 12.2. The highest BCUT2D eigenvalue weighted by atomic mass is 16.5. The van der Waals surface area contributed by atoms with Gasteiger partial charge in [0.1, 0.15) is 0 Å². The van der Waals surface area contributed by atoms with Crippen molar-refractivity contribution >= 4 is 29.5 Å². The van der Waals surface area contributed by atoms with Crippen LogP contribution in [0.5, 0.6) is 0 Å². The first-order valence-electron chi connectivity index (χ1n) is 8.05. The van der Waals surface area contributed by atoms with Gasteiger partial charge in [-0.25, -0.2) is 9.59 Å². The minimum atomic E-state index is -0.750. The minimum Gasteiger partial charge on any atom is -0.452 e. The van der Waals surface area contributed by atoms with Crippen molar-refractivity contribution in [3.63, 3.8) is 0 Å². The van der Waals surface area contributed by atoms with E-state index in [-0.39, 0.29) is 23.2 Å². The molecular weight excluding hydrogens is 326 g/mol. The van der Waals surface area contributed by atoms with E-state index in [4.69, 9.17) is 4.74 Å². The molecule has 25 heavy (non-hydrogen) atoms. The lowest BCUT2D eigenvalue weighted by Crippen LogP contribution is -2.36. The molecule has 0 unspecified atom stereocenters. The zero-order valence-corrected chi connectivity index (χ0v) is 14.2. The number of imide groups is 1. The van der Waals surface area contributed by atoms with Gasteiger partial charge >= 0.3 is 12.0 Å². The maximum Gasteiger partial charge on any atom is 0.340 e. The van der Waals surface area contributed by atoms with Crippen LogP contribution in [-0.4, -0.2) is 47.9 Å². The minimum absolute atomic E-state index is 0.0604. The number of carbonyl (C=O) groups is 4. The third-order valence-electron chi connectivity index (χ3n) is 3.52. The predicted octanol–water partition coefficient (Wildman–Crippen LogP) is 1.52. The molecule has 2 rings (SSSR count). The highest BCUT2D eigenvalue weighted by Crippen LogP contribution is 2.17. The van der Waals surface area contributed by atoms with Gasteiger partial charge in [-0.05, 0) is 32.4 Å². The number of hydrogen-bond acceptors (Lipinski definition) is 5. The van der Waals surface area contributed by atoms with Gasteiger partial charge in [-0.1, -0.05) is 12.1 Å². The number of amides is 4. The Labute approximate surface area is 145 Å². The van der Waals surface area contributed by atoms with Gasteiger partial charge < -0.3 is 15.4 Å². The second-order valence-electron chi connectivity index (χ2n) is 5.92. The van der Waals surface area contributed by atoms with Gasteiger partial charge in [0.05, 0.1) is 11.3 Å². The predicted molar refractivity (Wildman–Crippen MR) is 90.0 cm³/mol. The van der Waals surface area contributed by atoms with E-state index in [9.17, 15) is 19.2 Å². The molecule has 8 nitrogen and oxygen atoms in total. The highest BCUT2D eigenvalue weighted by Gasteiger charge is 2.27. The first kappa shape index (κ1) is 18.4. The van der Waals surface area contributed by atoms with Crippen LogP contribution < -0.4 is 10.6 Å². The summed E-state index contributed by atoms with van der Waals surface area (Å²) < 4.78 is 5.00. The van der Waals surface area contributed by atoms with E-state index in [0.717, 1.165) is 4.90 Å². The summed E-state index contributed by atoms with van der Waals surface area (Å²) in [5, 5.41) is 5.22. The van der Waals surface area contributed by atoms with Crippen LogP contribution in [0.15, 0.2) is 24.3 Å². The molecule has 4 amide bonds. The van der Waals surface area contributed by atoms with Crippen molar-refractivity contribution in [3.8, 4) is 0 Å². The third kappa shape index (κ3) is 5.03. The van der Waals surface area contributed by atoms with Crippen LogP contribution in [0.1, 0.15) is 37.0 Å². The molecule has 0 saturated carbocycles. The highest BCUT2D eigenvalue weighted by molar-refractivity contribution is 6.02. The fraction of sp³-hybridized carbons (Fsp3) is 0.412. The van der Waals surface area contributed by atoms with Gasteiger partial charge in [0.25, 0.3) is 5.91 Å². The number of rotatable bonds is 5. The quantitative estimate of drug-likeness (QED) is 0.786. The van der Waals surface area contributed by atoms with Crippen molar-refractivity contribution in [2.24, 2.45) is 0 Å². The second kappa shape index (κ2) is 8.27. The molecule has 1 aromatic rings. The smallest absolute Gasteiger partial charge is 0.340 e. The number of nitrogens with one attached hydrogen (secondary N) is 2. The van der Waals surface area contributed by atoms with Crippen molar-refractivity contribution < 1.29 is 23.9 Å². The molecule has 0 aromatic heterocycles. The van der Waals surface area contributed by atoms with E-state index >= 15 is 0 Å². The topological polar surface area (TPSA) is 105 Å². The summed E-state index contributed by atoms with van der Waals surface area (Å²) in [4.78, 5) is 48.5. The molecule has 1 aliphatic heterocycles. The van der Waals surface area contributed by atoms with E-state index in [1.54, 1.807) is 18.2 Å². The second-order valence-corrected chi connectivity index (χ2v) is 5.92. The lowest BCUT2D eigenvalue weighted by molar-refractivity contribution is -0.143. The van der Waals surface area contributed by atoms with E-state index in [1.165, 1.54) is 6.07 Å². The number of urea groups is 1. The third-order valence-corrected chi connectivity index (χ3v) is 3.52. The maximum atomic E-state index is 12.2. The lowest BCUT2D eigenvalue weighted by atomic mass is 10.2. The zero-order valence-electron chi connectivity index (χ0n) is 14.2. The van der Waals surface area contributed by atoms with Gasteiger partial charge in [-0.2, -0.15) is 0 Å². The molecule has 1 heterocycles. The van der Waals surface area contributed by atoms with Crippen molar-refractivity contribution in [1.29, 1.82) is 0 Å². The number of likely N-dealkylation sites (tertiary alicyclic amines) is 1. The van der Waals surface area contributed by atoms with E-state index in [1.807, 2.05) is 13.8 Å². The monoisotopic (exact) mass is 347 g/mol. The van der Waals surface area contributed by atoms with Crippen molar-refractivity contribution in [3.05, 3.63) is 29.8 Å². The van der Waals surface area contributed by atoms with Crippen LogP contribution in [0.4, 0.5) is 10.5 Å². The number of carbonyl (C=O) groups excluding carboxylic acids is 4. The van der Waals surface area contributed by atoms with Gasteiger partial charge in [-0.15, -0.1) is 0 Å². The molecular formula is C17H21N3O5. The largest absolute Gasteiger partial charge is 0.452 e. The van der Waals surface area contributed by atoms with Gasteiger partial charge in [0.2, 0.25) is 5.91 Å².